The normalized spacial score (nSPS) is 28.9. The first-order chi connectivity index (χ1) is 17.2. The van der Waals surface area contributed by atoms with Crippen LogP contribution in [0.25, 0.3) is 0 Å². The van der Waals surface area contributed by atoms with Crippen molar-refractivity contribution in [1.29, 1.82) is 0 Å². The maximum Gasteiger partial charge on any atom is 0.328 e. The van der Waals surface area contributed by atoms with Crippen molar-refractivity contribution < 1.29 is 33.8 Å². The third kappa shape index (κ3) is 2.98. The number of primary amides is 1. The Morgan fingerprint density at radius 1 is 1.14 bits per heavy atom. The molecule has 4 atom stereocenters. The van der Waals surface area contributed by atoms with E-state index in [0.717, 1.165) is 11.1 Å². The lowest BCUT2D eigenvalue weighted by Gasteiger charge is -2.43. The molecule has 1 aromatic rings. The molecular weight excluding hydrogens is 464 g/mol. The number of rotatable bonds is 1. The zero-order valence-electron chi connectivity index (χ0n) is 19.3. The van der Waals surface area contributed by atoms with E-state index in [-0.39, 0.29) is 30.2 Å². The molecule has 4 amide bonds. The number of hydrogen-bond acceptors (Lipinski definition) is 7. The maximum absolute atomic E-state index is 13.3. The smallest absolute Gasteiger partial charge is 0.328 e. The number of allylic oxidation sites excluding steroid dienone is 7. The Hall–Kier alpha value is -4.27. The number of carbonyl (C=O) groups excluding carboxylic acids is 5. The number of amides is 4. The van der Waals surface area contributed by atoms with E-state index < -0.39 is 41.5 Å². The van der Waals surface area contributed by atoms with Gasteiger partial charge in [-0.25, -0.2) is 4.79 Å². The van der Waals surface area contributed by atoms with Gasteiger partial charge in [-0.15, -0.1) is 0 Å². The largest absolute Gasteiger partial charge is 0.508 e. The second kappa shape index (κ2) is 7.61. The molecule has 1 saturated heterocycles. The van der Waals surface area contributed by atoms with Crippen LogP contribution in [-0.2, 0) is 25.6 Å². The van der Waals surface area contributed by atoms with Gasteiger partial charge in [-0.2, -0.15) is 4.90 Å². The van der Waals surface area contributed by atoms with E-state index in [4.69, 9.17) is 10.5 Å². The van der Waals surface area contributed by atoms with E-state index >= 15 is 0 Å². The number of aromatic hydroxyl groups is 1. The van der Waals surface area contributed by atoms with Gasteiger partial charge in [-0.05, 0) is 55.5 Å². The first-order valence-electron chi connectivity index (χ1n) is 11.7. The van der Waals surface area contributed by atoms with Gasteiger partial charge in [0.15, 0.2) is 11.6 Å². The number of Topliss-reactive ketones (excluding diaryl/α,β-unsaturated/α-hetero) is 1. The Balaban J connectivity index is 1.49. The molecule has 9 nitrogen and oxygen atoms in total. The molecule has 3 aliphatic carbocycles. The minimum absolute atomic E-state index is 0.0730. The molecule has 0 bridgehead atoms. The first kappa shape index (κ1) is 22.2. The summed E-state index contributed by atoms with van der Waals surface area (Å²) in [4.78, 5) is 65.0. The molecule has 0 spiro atoms. The van der Waals surface area contributed by atoms with E-state index in [0.29, 0.717) is 39.4 Å². The van der Waals surface area contributed by atoms with Gasteiger partial charge in [0, 0.05) is 34.6 Å². The highest BCUT2D eigenvalue weighted by Gasteiger charge is 2.57. The first-order valence-corrected chi connectivity index (χ1v) is 11.7. The van der Waals surface area contributed by atoms with Crippen molar-refractivity contribution in [3.8, 4) is 11.5 Å². The van der Waals surface area contributed by atoms with E-state index in [1.807, 2.05) is 6.08 Å². The molecule has 5 aliphatic rings. The molecule has 3 N–H and O–H groups in total. The fraction of sp³-hybridized carbons (Fsp3) is 0.296. The Labute approximate surface area is 205 Å². The van der Waals surface area contributed by atoms with Crippen LogP contribution < -0.4 is 10.5 Å². The number of hydrogen-bond donors (Lipinski definition) is 2. The number of imide groups is 3. The van der Waals surface area contributed by atoms with Crippen molar-refractivity contribution in [3.05, 3.63) is 70.0 Å². The molecule has 1 fully saturated rings. The van der Waals surface area contributed by atoms with Gasteiger partial charge >= 0.3 is 6.03 Å². The van der Waals surface area contributed by atoms with E-state index in [1.54, 1.807) is 25.3 Å². The van der Waals surface area contributed by atoms with Gasteiger partial charge in [0.2, 0.25) is 11.8 Å². The second-order valence-corrected chi connectivity index (χ2v) is 9.86. The van der Waals surface area contributed by atoms with Crippen LogP contribution in [0.1, 0.15) is 25.3 Å². The molecule has 0 radical (unpaired) electrons. The number of nitrogens with zero attached hydrogens (tertiary/aromatic N) is 1. The number of phenolic OH excluding ortho intramolecular Hbond substituents is 1. The van der Waals surface area contributed by atoms with Crippen molar-refractivity contribution in [3.63, 3.8) is 0 Å². The summed E-state index contributed by atoms with van der Waals surface area (Å²) in [5.74, 6) is -3.98. The lowest BCUT2D eigenvalue weighted by atomic mass is 9.58. The molecule has 0 unspecified atom stereocenters. The summed E-state index contributed by atoms with van der Waals surface area (Å²) < 4.78 is 5.84. The fourth-order valence-electron chi connectivity index (χ4n) is 6.41. The fourth-order valence-corrected chi connectivity index (χ4v) is 6.41. The van der Waals surface area contributed by atoms with Crippen LogP contribution in [-0.4, -0.2) is 39.4 Å². The average Bonchev–Trinajstić information content (AvgIpc) is 3.10. The number of carbonyl (C=O) groups is 5. The maximum atomic E-state index is 13.3. The third-order valence-electron chi connectivity index (χ3n) is 7.93. The van der Waals surface area contributed by atoms with Gasteiger partial charge < -0.3 is 15.6 Å². The van der Waals surface area contributed by atoms with Crippen molar-refractivity contribution in [2.45, 2.75) is 26.2 Å². The molecule has 0 saturated carbocycles. The van der Waals surface area contributed by atoms with Crippen molar-refractivity contribution in [1.82, 2.24) is 4.90 Å². The monoisotopic (exact) mass is 486 g/mol. The summed E-state index contributed by atoms with van der Waals surface area (Å²) in [5.41, 5.74) is 8.51. The van der Waals surface area contributed by atoms with E-state index in [9.17, 15) is 29.1 Å². The van der Waals surface area contributed by atoms with Crippen molar-refractivity contribution >= 4 is 29.4 Å². The highest BCUT2D eigenvalue weighted by Crippen LogP contribution is 2.54. The summed E-state index contributed by atoms with van der Waals surface area (Å²) in [5, 5.41) is 9.98. The lowest BCUT2D eigenvalue weighted by molar-refractivity contribution is -0.136. The quantitative estimate of drug-likeness (QED) is 0.352. The summed E-state index contributed by atoms with van der Waals surface area (Å²) in [6.07, 6.45) is 5.44. The van der Waals surface area contributed by atoms with Crippen LogP contribution >= 0.6 is 0 Å². The summed E-state index contributed by atoms with van der Waals surface area (Å²) in [6.45, 7) is 1.58. The Kier molecular flexibility index (Phi) is 4.70. The number of likely N-dealkylation sites (tertiary alicyclic amines) is 1. The molecular formula is C27H22N2O7. The van der Waals surface area contributed by atoms with Crippen LogP contribution in [0.5, 0.6) is 11.5 Å². The van der Waals surface area contributed by atoms with Crippen LogP contribution in [0.4, 0.5) is 4.79 Å². The van der Waals surface area contributed by atoms with E-state index in [1.165, 1.54) is 12.1 Å². The van der Waals surface area contributed by atoms with Crippen LogP contribution in [0.15, 0.2) is 64.5 Å². The number of phenols is 1. The van der Waals surface area contributed by atoms with Gasteiger partial charge in [0.25, 0.3) is 0 Å². The third-order valence-corrected chi connectivity index (χ3v) is 7.93. The van der Waals surface area contributed by atoms with Crippen LogP contribution in [0.2, 0.25) is 0 Å². The van der Waals surface area contributed by atoms with Gasteiger partial charge in [-0.1, -0.05) is 11.6 Å². The zero-order valence-corrected chi connectivity index (χ0v) is 19.3. The van der Waals surface area contributed by atoms with Crippen molar-refractivity contribution in [2.75, 3.05) is 0 Å². The SMILES string of the molecule is CC1=CC(=O)C2=C(C[C@@H]3C(=CC[C@@H]4C(=O)N(C(N)=O)C(=O)[C@@H]43)[C@@H]2C2=COc3ccc(O)cc3C2)C1=O. The molecule has 9 heteroatoms. The topological polar surface area (TPSA) is 144 Å². The van der Waals surface area contributed by atoms with Crippen LogP contribution in [0.3, 0.4) is 0 Å². The molecule has 6 rings (SSSR count). The number of benzene rings is 1. The number of nitrogens with two attached hydrogens (primary N) is 1. The molecule has 0 aromatic heterocycles. The zero-order chi connectivity index (χ0) is 25.5. The summed E-state index contributed by atoms with van der Waals surface area (Å²) in [7, 11) is 0. The Morgan fingerprint density at radius 2 is 1.92 bits per heavy atom. The highest BCUT2D eigenvalue weighted by molar-refractivity contribution is 6.23. The number of fused-ring (bicyclic) bond motifs is 4. The van der Waals surface area contributed by atoms with E-state index in [2.05, 4.69) is 0 Å². The number of ketones is 2. The minimum atomic E-state index is -1.12. The molecule has 1 aromatic carbocycles. The minimum Gasteiger partial charge on any atom is -0.508 e. The lowest BCUT2D eigenvalue weighted by Crippen LogP contribution is -2.43. The predicted octanol–water partition coefficient (Wildman–Crippen LogP) is 2.25. The van der Waals surface area contributed by atoms with Gasteiger partial charge in [0.1, 0.15) is 11.5 Å². The Morgan fingerprint density at radius 3 is 2.67 bits per heavy atom. The Bertz CT molecular complexity index is 1440. The summed E-state index contributed by atoms with van der Waals surface area (Å²) >= 11 is 0. The number of ether oxygens (including phenoxy) is 1. The molecule has 182 valence electrons. The predicted molar refractivity (Wildman–Crippen MR) is 124 cm³/mol. The highest BCUT2D eigenvalue weighted by atomic mass is 16.5. The molecule has 2 heterocycles. The molecule has 2 aliphatic heterocycles. The standard InChI is InChI=1S/C27H22N2O7/c1-11-6-19(31)23-18(24(11)32)9-17-15(3-4-16-22(17)26(34)29(25(16)33)27(28)35)21(23)13-7-12-8-14(30)2-5-20(12)36-10-13/h2-3,5-6,8,10,16-17,21-22,30H,4,7,9H2,1H3,(H2,28,35)/t16-,17+,21-,22-/m0/s1. The molecule has 36 heavy (non-hydrogen) atoms. The summed E-state index contributed by atoms with van der Waals surface area (Å²) in [6, 6.07) is 3.64. The average molecular weight is 486 g/mol. The number of urea groups is 1. The second-order valence-electron chi connectivity index (χ2n) is 9.86. The van der Waals surface area contributed by atoms with Gasteiger partial charge in [-0.3, -0.25) is 19.2 Å². The van der Waals surface area contributed by atoms with Crippen molar-refractivity contribution in [2.24, 2.45) is 29.4 Å². The van der Waals surface area contributed by atoms with Crippen LogP contribution in [0, 0.1) is 23.7 Å². The van der Waals surface area contributed by atoms with Gasteiger partial charge in [0.05, 0.1) is 18.1 Å².